The summed E-state index contributed by atoms with van der Waals surface area (Å²) in [4.78, 5) is 0. The summed E-state index contributed by atoms with van der Waals surface area (Å²) in [7, 11) is 3.28. The van der Waals surface area contributed by atoms with Crippen molar-refractivity contribution in [2.24, 2.45) is 5.73 Å². The van der Waals surface area contributed by atoms with Crippen LogP contribution >= 0.6 is 0 Å². The fourth-order valence-corrected chi connectivity index (χ4v) is 1.58. The SMILES string of the molecule is C=CCCC(N)c1cc(OC)ccc1OC. The Morgan fingerprint density at radius 2 is 2.12 bits per heavy atom. The number of hydrogen-bond acceptors (Lipinski definition) is 3. The van der Waals surface area contributed by atoms with E-state index in [1.54, 1.807) is 14.2 Å². The van der Waals surface area contributed by atoms with Gasteiger partial charge in [0, 0.05) is 11.6 Å². The zero-order valence-electron chi connectivity index (χ0n) is 9.90. The van der Waals surface area contributed by atoms with Gasteiger partial charge in [-0.1, -0.05) is 6.08 Å². The van der Waals surface area contributed by atoms with E-state index in [1.165, 1.54) is 0 Å². The van der Waals surface area contributed by atoms with E-state index in [9.17, 15) is 0 Å². The predicted molar refractivity (Wildman–Crippen MR) is 65.9 cm³/mol. The monoisotopic (exact) mass is 221 g/mol. The van der Waals surface area contributed by atoms with Crippen LogP contribution in [0.15, 0.2) is 30.9 Å². The van der Waals surface area contributed by atoms with Crippen LogP contribution < -0.4 is 15.2 Å². The van der Waals surface area contributed by atoms with Gasteiger partial charge in [0.2, 0.25) is 0 Å². The molecule has 1 rings (SSSR count). The summed E-state index contributed by atoms with van der Waals surface area (Å²) in [5.74, 6) is 1.60. The molecule has 0 aromatic heterocycles. The first-order chi connectivity index (χ1) is 7.72. The van der Waals surface area contributed by atoms with E-state index in [-0.39, 0.29) is 6.04 Å². The van der Waals surface area contributed by atoms with Crippen LogP contribution in [0, 0.1) is 0 Å². The Hall–Kier alpha value is -1.48. The number of rotatable bonds is 6. The summed E-state index contributed by atoms with van der Waals surface area (Å²) in [5, 5.41) is 0. The molecule has 88 valence electrons. The summed E-state index contributed by atoms with van der Waals surface area (Å²) in [6.45, 7) is 3.69. The molecule has 0 fully saturated rings. The Morgan fingerprint density at radius 1 is 1.38 bits per heavy atom. The van der Waals surface area contributed by atoms with Crippen molar-refractivity contribution in [3.8, 4) is 11.5 Å². The molecule has 3 heteroatoms. The standard InChI is InChI=1S/C13H19NO2/c1-4-5-6-12(14)11-9-10(15-2)7-8-13(11)16-3/h4,7-9,12H,1,5-6,14H2,2-3H3. The van der Waals surface area contributed by atoms with Gasteiger partial charge < -0.3 is 15.2 Å². The van der Waals surface area contributed by atoms with Crippen molar-refractivity contribution in [3.63, 3.8) is 0 Å². The van der Waals surface area contributed by atoms with Gasteiger partial charge in [0.15, 0.2) is 0 Å². The van der Waals surface area contributed by atoms with E-state index in [2.05, 4.69) is 6.58 Å². The molecule has 0 saturated heterocycles. The van der Waals surface area contributed by atoms with Crippen LogP contribution in [-0.2, 0) is 0 Å². The molecule has 1 aromatic rings. The van der Waals surface area contributed by atoms with Gasteiger partial charge in [-0.05, 0) is 31.0 Å². The summed E-state index contributed by atoms with van der Waals surface area (Å²) in [5.41, 5.74) is 7.07. The lowest BCUT2D eigenvalue weighted by atomic mass is 10.0. The molecule has 3 nitrogen and oxygen atoms in total. The Bertz CT molecular complexity index is 350. The van der Waals surface area contributed by atoms with E-state index in [1.807, 2.05) is 24.3 Å². The predicted octanol–water partition coefficient (Wildman–Crippen LogP) is 2.67. The average molecular weight is 221 g/mol. The van der Waals surface area contributed by atoms with Crippen molar-refractivity contribution < 1.29 is 9.47 Å². The van der Waals surface area contributed by atoms with Gasteiger partial charge in [0.1, 0.15) is 11.5 Å². The minimum absolute atomic E-state index is 0.0527. The number of nitrogens with two attached hydrogens (primary N) is 1. The van der Waals surface area contributed by atoms with Crippen molar-refractivity contribution in [2.45, 2.75) is 18.9 Å². The maximum absolute atomic E-state index is 6.10. The maximum atomic E-state index is 6.10. The second-order valence-corrected chi connectivity index (χ2v) is 3.58. The molecular weight excluding hydrogens is 202 g/mol. The van der Waals surface area contributed by atoms with Crippen LogP contribution in [0.25, 0.3) is 0 Å². The Kier molecular flexibility index (Phi) is 4.86. The molecule has 0 aliphatic carbocycles. The fraction of sp³-hybridized carbons (Fsp3) is 0.385. The third-order valence-corrected chi connectivity index (χ3v) is 2.52. The van der Waals surface area contributed by atoms with Crippen LogP contribution in [0.3, 0.4) is 0 Å². The number of allylic oxidation sites excluding steroid dienone is 1. The molecule has 0 heterocycles. The summed E-state index contributed by atoms with van der Waals surface area (Å²) < 4.78 is 10.5. The van der Waals surface area contributed by atoms with Crippen molar-refractivity contribution in [1.29, 1.82) is 0 Å². The lowest BCUT2D eigenvalue weighted by Crippen LogP contribution is -2.11. The van der Waals surface area contributed by atoms with Gasteiger partial charge >= 0.3 is 0 Å². The van der Waals surface area contributed by atoms with Crippen molar-refractivity contribution in [3.05, 3.63) is 36.4 Å². The Morgan fingerprint density at radius 3 is 2.69 bits per heavy atom. The molecule has 1 unspecified atom stereocenters. The molecule has 0 aliphatic rings. The van der Waals surface area contributed by atoms with Crippen LogP contribution in [0.4, 0.5) is 0 Å². The second kappa shape index (κ2) is 6.18. The van der Waals surface area contributed by atoms with E-state index in [0.717, 1.165) is 29.9 Å². The molecule has 16 heavy (non-hydrogen) atoms. The van der Waals surface area contributed by atoms with Crippen molar-refractivity contribution >= 4 is 0 Å². The third-order valence-electron chi connectivity index (χ3n) is 2.52. The summed E-state index contributed by atoms with van der Waals surface area (Å²) >= 11 is 0. The van der Waals surface area contributed by atoms with Crippen LogP contribution in [0.2, 0.25) is 0 Å². The van der Waals surface area contributed by atoms with E-state index in [4.69, 9.17) is 15.2 Å². The molecule has 0 saturated carbocycles. The van der Waals surface area contributed by atoms with Gasteiger partial charge in [-0.15, -0.1) is 6.58 Å². The number of benzene rings is 1. The number of methoxy groups -OCH3 is 2. The van der Waals surface area contributed by atoms with Gasteiger partial charge in [0.25, 0.3) is 0 Å². The minimum atomic E-state index is -0.0527. The zero-order chi connectivity index (χ0) is 12.0. The molecule has 1 atom stereocenters. The third kappa shape index (κ3) is 3.00. The quantitative estimate of drug-likeness (QED) is 0.751. The van der Waals surface area contributed by atoms with Crippen molar-refractivity contribution in [1.82, 2.24) is 0 Å². The smallest absolute Gasteiger partial charge is 0.123 e. The largest absolute Gasteiger partial charge is 0.497 e. The van der Waals surface area contributed by atoms with Crippen LogP contribution in [0.1, 0.15) is 24.4 Å². The molecule has 1 aromatic carbocycles. The van der Waals surface area contributed by atoms with E-state index >= 15 is 0 Å². The molecule has 0 radical (unpaired) electrons. The first kappa shape index (κ1) is 12.6. The highest BCUT2D eigenvalue weighted by molar-refractivity contribution is 5.42. The van der Waals surface area contributed by atoms with E-state index in [0.29, 0.717) is 0 Å². The van der Waals surface area contributed by atoms with Gasteiger partial charge in [-0.25, -0.2) is 0 Å². The second-order valence-electron chi connectivity index (χ2n) is 3.58. The number of ether oxygens (including phenoxy) is 2. The van der Waals surface area contributed by atoms with Gasteiger partial charge in [-0.3, -0.25) is 0 Å². The van der Waals surface area contributed by atoms with E-state index < -0.39 is 0 Å². The minimum Gasteiger partial charge on any atom is -0.497 e. The molecular formula is C13H19NO2. The molecule has 0 amide bonds. The molecule has 0 spiro atoms. The topological polar surface area (TPSA) is 44.5 Å². The highest BCUT2D eigenvalue weighted by Gasteiger charge is 2.12. The van der Waals surface area contributed by atoms with Gasteiger partial charge in [0.05, 0.1) is 14.2 Å². The highest BCUT2D eigenvalue weighted by Crippen LogP contribution is 2.30. The first-order valence-corrected chi connectivity index (χ1v) is 5.31. The Balaban J connectivity index is 2.93. The highest BCUT2D eigenvalue weighted by atomic mass is 16.5. The Labute approximate surface area is 96.9 Å². The zero-order valence-corrected chi connectivity index (χ0v) is 9.90. The average Bonchev–Trinajstić information content (AvgIpc) is 2.35. The lowest BCUT2D eigenvalue weighted by molar-refractivity contribution is 0.394. The normalized spacial score (nSPS) is 11.9. The fourth-order valence-electron chi connectivity index (χ4n) is 1.58. The molecule has 2 N–H and O–H groups in total. The maximum Gasteiger partial charge on any atom is 0.123 e. The van der Waals surface area contributed by atoms with Gasteiger partial charge in [-0.2, -0.15) is 0 Å². The van der Waals surface area contributed by atoms with Crippen molar-refractivity contribution in [2.75, 3.05) is 14.2 Å². The van der Waals surface area contributed by atoms with Crippen LogP contribution in [-0.4, -0.2) is 14.2 Å². The molecule has 0 aliphatic heterocycles. The first-order valence-electron chi connectivity index (χ1n) is 5.31. The van der Waals surface area contributed by atoms with Crippen LogP contribution in [0.5, 0.6) is 11.5 Å². The summed E-state index contributed by atoms with van der Waals surface area (Å²) in [6, 6.07) is 5.61. The lowest BCUT2D eigenvalue weighted by Gasteiger charge is -2.16. The summed E-state index contributed by atoms with van der Waals surface area (Å²) in [6.07, 6.45) is 3.61. The number of hydrogen-bond donors (Lipinski definition) is 1. The molecule has 0 bridgehead atoms.